The van der Waals surface area contributed by atoms with Crippen molar-refractivity contribution in [1.82, 2.24) is 0 Å². The molecule has 5 heteroatoms. The van der Waals surface area contributed by atoms with Gasteiger partial charge in [-0.15, -0.1) is 0 Å². The summed E-state index contributed by atoms with van der Waals surface area (Å²) in [5, 5.41) is 0. The summed E-state index contributed by atoms with van der Waals surface area (Å²) in [5.41, 5.74) is 2.28. The van der Waals surface area contributed by atoms with Gasteiger partial charge in [-0.1, -0.05) is 38.8 Å². The molecule has 0 radical (unpaired) electrons. The van der Waals surface area contributed by atoms with Crippen molar-refractivity contribution in [2.45, 2.75) is 65.2 Å². The molecule has 1 atom stereocenters. The predicted octanol–water partition coefficient (Wildman–Crippen LogP) is 4.92. The zero-order chi connectivity index (χ0) is 17.1. The van der Waals surface area contributed by atoms with Gasteiger partial charge < -0.3 is 14.2 Å². The average molecular weight is 340 g/mol. The lowest BCUT2D eigenvalue weighted by Gasteiger charge is -2.18. The van der Waals surface area contributed by atoms with E-state index in [2.05, 4.69) is 19.9 Å². The van der Waals surface area contributed by atoms with Crippen LogP contribution in [-0.4, -0.2) is 17.3 Å². The fraction of sp³-hybridized carbons (Fsp3) is 0.611. The Hall–Kier alpha value is -1.12. The van der Waals surface area contributed by atoms with E-state index in [1.165, 1.54) is 5.56 Å². The second kappa shape index (κ2) is 10.6. The van der Waals surface area contributed by atoms with Crippen LogP contribution >= 0.6 is 7.60 Å². The number of rotatable bonds is 12. The molecule has 0 saturated carbocycles. The Morgan fingerprint density at radius 3 is 2.48 bits per heavy atom. The van der Waals surface area contributed by atoms with Crippen molar-refractivity contribution >= 4 is 13.9 Å². The topological polar surface area (TPSA) is 63.6 Å². The maximum absolute atomic E-state index is 12.2. The first-order valence-electron chi connectivity index (χ1n) is 8.59. The molecule has 4 nitrogen and oxygen atoms in total. The SMILES string of the molecule is CCCCc1cccc(OP(=O)(O)CCCC=O)c1CCCC. The van der Waals surface area contributed by atoms with Crippen LogP contribution in [0.3, 0.4) is 0 Å². The van der Waals surface area contributed by atoms with E-state index >= 15 is 0 Å². The molecule has 0 aromatic heterocycles. The molecule has 0 heterocycles. The molecule has 1 aromatic carbocycles. The molecule has 0 saturated heterocycles. The number of hydrogen-bond donors (Lipinski definition) is 1. The van der Waals surface area contributed by atoms with E-state index in [1.807, 2.05) is 6.07 Å². The van der Waals surface area contributed by atoms with Gasteiger partial charge >= 0.3 is 7.60 Å². The van der Waals surface area contributed by atoms with Crippen molar-refractivity contribution in [3.63, 3.8) is 0 Å². The molecule has 0 amide bonds. The van der Waals surface area contributed by atoms with Gasteiger partial charge in [0.2, 0.25) is 0 Å². The van der Waals surface area contributed by atoms with Crippen LogP contribution in [0.2, 0.25) is 0 Å². The van der Waals surface area contributed by atoms with Crippen LogP contribution in [0.5, 0.6) is 5.75 Å². The lowest BCUT2D eigenvalue weighted by molar-refractivity contribution is -0.107. The highest BCUT2D eigenvalue weighted by atomic mass is 31.2. The highest BCUT2D eigenvalue weighted by Gasteiger charge is 2.22. The van der Waals surface area contributed by atoms with E-state index < -0.39 is 7.60 Å². The molecule has 0 aliphatic heterocycles. The largest absolute Gasteiger partial charge is 0.424 e. The molecule has 130 valence electrons. The van der Waals surface area contributed by atoms with Crippen molar-refractivity contribution in [3.8, 4) is 5.75 Å². The molecule has 1 N–H and O–H groups in total. The Morgan fingerprint density at radius 2 is 1.83 bits per heavy atom. The van der Waals surface area contributed by atoms with E-state index in [0.29, 0.717) is 12.2 Å². The van der Waals surface area contributed by atoms with Crippen molar-refractivity contribution in [3.05, 3.63) is 29.3 Å². The van der Waals surface area contributed by atoms with Crippen LogP contribution in [0.25, 0.3) is 0 Å². The number of hydrogen-bond acceptors (Lipinski definition) is 3. The first-order valence-corrected chi connectivity index (χ1v) is 10.4. The third kappa shape index (κ3) is 7.32. The first kappa shape index (κ1) is 19.9. The van der Waals surface area contributed by atoms with E-state index in [-0.39, 0.29) is 12.6 Å². The Bertz CT molecular complexity index is 528. The number of benzene rings is 1. The summed E-state index contributed by atoms with van der Waals surface area (Å²) in [7, 11) is -3.71. The van der Waals surface area contributed by atoms with Crippen LogP contribution in [0.1, 0.15) is 63.5 Å². The van der Waals surface area contributed by atoms with Gasteiger partial charge in [-0.25, -0.2) is 4.57 Å². The molecule has 1 rings (SSSR count). The van der Waals surface area contributed by atoms with Crippen LogP contribution < -0.4 is 4.52 Å². The Kier molecular flexibility index (Phi) is 9.20. The summed E-state index contributed by atoms with van der Waals surface area (Å²) in [5.74, 6) is 0.531. The molecule has 0 bridgehead atoms. The van der Waals surface area contributed by atoms with Gasteiger partial charge in [0.05, 0.1) is 6.16 Å². The molecular formula is C18H29O4P. The summed E-state index contributed by atoms with van der Waals surface area (Å²) >= 11 is 0. The lowest BCUT2D eigenvalue weighted by atomic mass is 9.97. The molecular weight excluding hydrogens is 311 g/mol. The van der Waals surface area contributed by atoms with Gasteiger partial charge in [0.1, 0.15) is 12.0 Å². The maximum Gasteiger partial charge on any atom is 0.376 e. The summed E-state index contributed by atoms with van der Waals surface area (Å²) < 4.78 is 17.7. The summed E-state index contributed by atoms with van der Waals surface area (Å²) in [6, 6.07) is 5.76. The Labute approximate surface area is 139 Å². The Balaban J connectivity index is 2.94. The summed E-state index contributed by atoms with van der Waals surface area (Å²) in [6.07, 6.45) is 7.56. The first-order chi connectivity index (χ1) is 11.0. The van der Waals surface area contributed by atoms with E-state index in [9.17, 15) is 14.3 Å². The third-order valence-electron chi connectivity index (χ3n) is 3.81. The minimum atomic E-state index is -3.71. The van der Waals surface area contributed by atoms with Crippen LogP contribution in [0.15, 0.2) is 18.2 Å². The molecule has 0 aliphatic rings. The van der Waals surface area contributed by atoms with Crippen LogP contribution in [0, 0.1) is 0 Å². The standard InChI is InChI=1S/C18H29O4P/c1-3-5-10-16-11-9-13-18(17(16)12-6-4-2)22-23(20,21)15-8-7-14-19/h9,11,13-14H,3-8,10,12,15H2,1-2H3,(H,20,21). The monoisotopic (exact) mass is 340 g/mol. The van der Waals surface area contributed by atoms with Crippen LogP contribution in [0.4, 0.5) is 0 Å². The second-order valence-electron chi connectivity index (χ2n) is 5.86. The minimum Gasteiger partial charge on any atom is -0.424 e. The van der Waals surface area contributed by atoms with Crippen molar-refractivity contribution in [2.24, 2.45) is 0 Å². The predicted molar refractivity (Wildman–Crippen MR) is 94.3 cm³/mol. The number of aldehydes is 1. The molecule has 1 aromatic rings. The fourth-order valence-corrected chi connectivity index (χ4v) is 3.66. The van der Waals surface area contributed by atoms with Gasteiger partial charge in [0.25, 0.3) is 0 Å². The number of carbonyl (C=O) groups excluding carboxylic acids is 1. The molecule has 1 unspecified atom stereocenters. The van der Waals surface area contributed by atoms with Crippen molar-refractivity contribution in [2.75, 3.05) is 6.16 Å². The third-order valence-corrected chi connectivity index (χ3v) is 5.18. The zero-order valence-corrected chi connectivity index (χ0v) is 15.2. The molecule has 0 spiro atoms. The van der Waals surface area contributed by atoms with Gasteiger partial charge in [-0.3, -0.25) is 0 Å². The van der Waals surface area contributed by atoms with Crippen molar-refractivity contribution in [1.29, 1.82) is 0 Å². The van der Waals surface area contributed by atoms with E-state index in [0.717, 1.165) is 50.4 Å². The smallest absolute Gasteiger partial charge is 0.376 e. The zero-order valence-electron chi connectivity index (χ0n) is 14.3. The quantitative estimate of drug-likeness (QED) is 0.333. The molecule has 23 heavy (non-hydrogen) atoms. The molecule has 0 aliphatic carbocycles. The average Bonchev–Trinajstić information content (AvgIpc) is 2.51. The van der Waals surface area contributed by atoms with E-state index in [4.69, 9.17) is 4.52 Å². The van der Waals surface area contributed by atoms with Crippen molar-refractivity contribution < 1.29 is 18.8 Å². The maximum atomic E-state index is 12.2. The normalized spacial score (nSPS) is 13.5. The van der Waals surface area contributed by atoms with Crippen LogP contribution in [-0.2, 0) is 22.2 Å². The van der Waals surface area contributed by atoms with Gasteiger partial charge in [-0.2, -0.15) is 0 Å². The highest BCUT2D eigenvalue weighted by molar-refractivity contribution is 7.53. The number of carbonyl (C=O) groups is 1. The number of unbranched alkanes of at least 4 members (excludes halogenated alkanes) is 3. The highest BCUT2D eigenvalue weighted by Crippen LogP contribution is 2.45. The minimum absolute atomic E-state index is 0.0120. The van der Waals surface area contributed by atoms with Gasteiger partial charge in [-0.05, 0) is 49.3 Å². The summed E-state index contributed by atoms with van der Waals surface area (Å²) in [6.45, 7) is 4.28. The fourth-order valence-electron chi connectivity index (χ4n) is 2.51. The van der Waals surface area contributed by atoms with Gasteiger partial charge in [0.15, 0.2) is 0 Å². The van der Waals surface area contributed by atoms with Gasteiger partial charge in [0, 0.05) is 6.42 Å². The number of aryl methyl sites for hydroxylation is 1. The molecule has 0 fully saturated rings. The lowest BCUT2D eigenvalue weighted by Crippen LogP contribution is -2.03. The summed E-state index contributed by atoms with van der Waals surface area (Å²) in [4.78, 5) is 20.4. The Morgan fingerprint density at radius 1 is 1.13 bits per heavy atom. The van der Waals surface area contributed by atoms with E-state index in [1.54, 1.807) is 6.07 Å². The second-order valence-corrected chi connectivity index (χ2v) is 7.77.